The SMILES string of the molecule is CC(C)OCCN(C)C(=O)N(CC(=O)O)C(C)C. The third-order valence-corrected chi connectivity index (χ3v) is 2.38. The maximum atomic E-state index is 12.0. The molecule has 0 aliphatic heterocycles. The van der Waals surface area contributed by atoms with Crippen molar-refractivity contribution in [2.24, 2.45) is 0 Å². The van der Waals surface area contributed by atoms with Crippen LogP contribution in [0.25, 0.3) is 0 Å². The second kappa shape index (κ2) is 7.92. The number of nitrogens with zero attached hydrogens (tertiary/aromatic N) is 2. The van der Waals surface area contributed by atoms with E-state index in [1.165, 1.54) is 9.80 Å². The van der Waals surface area contributed by atoms with Gasteiger partial charge in [-0.1, -0.05) is 0 Å². The van der Waals surface area contributed by atoms with Crippen molar-refractivity contribution in [3.8, 4) is 0 Å². The van der Waals surface area contributed by atoms with E-state index in [1.54, 1.807) is 20.9 Å². The Bertz CT molecular complexity index is 279. The zero-order valence-electron chi connectivity index (χ0n) is 11.8. The number of carbonyl (C=O) groups excluding carboxylic acids is 1. The van der Waals surface area contributed by atoms with Crippen LogP contribution in [0, 0.1) is 0 Å². The molecule has 0 aromatic rings. The van der Waals surface area contributed by atoms with Crippen LogP contribution in [-0.4, -0.2) is 65.8 Å². The molecule has 0 rings (SSSR count). The van der Waals surface area contributed by atoms with E-state index in [4.69, 9.17) is 9.84 Å². The van der Waals surface area contributed by atoms with Crippen molar-refractivity contribution in [3.63, 3.8) is 0 Å². The molecule has 0 spiro atoms. The van der Waals surface area contributed by atoms with Crippen molar-refractivity contribution in [2.75, 3.05) is 26.7 Å². The number of ether oxygens (including phenoxy) is 1. The first-order chi connectivity index (χ1) is 8.25. The Hall–Kier alpha value is -1.30. The van der Waals surface area contributed by atoms with Gasteiger partial charge >= 0.3 is 12.0 Å². The molecule has 0 aromatic carbocycles. The molecule has 0 fully saturated rings. The number of hydrogen-bond acceptors (Lipinski definition) is 3. The Morgan fingerprint density at radius 3 is 2.17 bits per heavy atom. The lowest BCUT2D eigenvalue weighted by Gasteiger charge is -2.30. The highest BCUT2D eigenvalue weighted by atomic mass is 16.5. The van der Waals surface area contributed by atoms with E-state index >= 15 is 0 Å². The van der Waals surface area contributed by atoms with Crippen molar-refractivity contribution in [2.45, 2.75) is 39.8 Å². The molecule has 0 unspecified atom stereocenters. The van der Waals surface area contributed by atoms with Crippen LogP contribution < -0.4 is 0 Å². The summed E-state index contributed by atoms with van der Waals surface area (Å²) in [7, 11) is 1.64. The van der Waals surface area contributed by atoms with Crippen molar-refractivity contribution in [3.05, 3.63) is 0 Å². The number of urea groups is 1. The smallest absolute Gasteiger partial charge is 0.323 e. The summed E-state index contributed by atoms with van der Waals surface area (Å²) in [4.78, 5) is 25.5. The molecule has 6 heteroatoms. The quantitative estimate of drug-likeness (QED) is 0.748. The molecule has 0 saturated carbocycles. The van der Waals surface area contributed by atoms with Crippen LogP contribution in [0.1, 0.15) is 27.7 Å². The molecule has 0 saturated heterocycles. The third kappa shape index (κ3) is 6.44. The highest BCUT2D eigenvalue weighted by molar-refractivity contribution is 5.80. The standard InChI is InChI=1S/C12H24N2O4/c1-9(2)14(8-11(15)16)12(17)13(5)6-7-18-10(3)4/h9-10H,6-8H2,1-5H3,(H,15,16). The molecule has 0 atom stereocenters. The van der Waals surface area contributed by atoms with Crippen LogP contribution >= 0.6 is 0 Å². The second-order valence-electron chi connectivity index (χ2n) is 4.74. The Balaban J connectivity index is 4.33. The minimum Gasteiger partial charge on any atom is -0.480 e. The van der Waals surface area contributed by atoms with Crippen LogP contribution in [-0.2, 0) is 9.53 Å². The van der Waals surface area contributed by atoms with Gasteiger partial charge in [-0.2, -0.15) is 0 Å². The van der Waals surface area contributed by atoms with Gasteiger partial charge in [-0.15, -0.1) is 0 Å². The number of carboxylic acid groups (broad SMARTS) is 1. The van der Waals surface area contributed by atoms with Gasteiger partial charge < -0.3 is 19.6 Å². The van der Waals surface area contributed by atoms with Gasteiger partial charge in [-0.3, -0.25) is 4.79 Å². The summed E-state index contributed by atoms with van der Waals surface area (Å²) in [5, 5.41) is 8.78. The van der Waals surface area contributed by atoms with Crippen molar-refractivity contribution < 1.29 is 19.4 Å². The van der Waals surface area contributed by atoms with Gasteiger partial charge in [-0.05, 0) is 27.7 Å². The zero-order valence-corrected chi connectivity index (χ0v) is 11.8. The van der Waals surface area contributed by atoms with Crippen LogP contribution in [0.15, 0.2) is 0 Å². The van der Waals surface area contributed by atoms with Crippen LogP contribution in [0.2, 0.25) is 0 Å². The average Bonchev–Trinajstić information content (AvgIpc) is 2.23. The molecule has 18 heavy (non-hydrogen) atoms. The van der Waals surface area contributed by atoms with Crippen LogP contribution in [0.3, 0.4) is 0 Å². The molecule has 2 amide bonds. The van der Waals surface area contributed by atoms with Gasteiger partial charge in [0.05, 0.1) is 12.7 Å². The molecule has 0 aliphatic carbocycles. The van der Waals surface area contributed by atoms with E-state index in [2.05, 4.69) is 0 Å². The van der Waals surface area contributed by atoms with Gasteiger partial charge in [0.2, 0.25) is 0 Å². The second-order valence-corrected chi connectivity index (χ2v) is 4.74. The Morgan fingerprint density at radius 2 is 1.78 bits per heavy atom. The fourth-order valence-corrected chi connectivity index (χ4v) is 1.36. The predicted octanol–water partition coefficient (Wildman–Crippen LogP) is 1.26. The number of amides is 2. The summed E-state index contributed by atoms with van der Waals surface area (Å²) < 4.78 is 5.36. The summed E-state index contributed by atoms with van der Waals surface area (Å²) in [5.41, 5.74) is 0. The van der Waals surface area contributed by atoms with E-state index < -0.39 is 5.97 Å². The van der Waals surface area contributed by atoms with E-state index in [0.29, 0.717) is 13.2 Å². The number of hydrogen-bond donors (Lipinski definition) is 1. The first-order valence-electron chi connectivity index (χ1n) is 6.10. The minimum atomic E-state index is -1.01. The van der Waals surface area contributed by atoms with Crippen molar-refractivity contribution in [1.29, 1.82) is 0 Å². The first-order valence-corrected chi connectivity index (χ1v) is 6.10. The Morgan fingerprint density at radius 1 is 1.22 bits per heavy atom. The van der Waals surface area contributed by atoms with E-state index in [9.17, 15) is 9.59 Å². The molecule has 0 aromatic heterocycles. The number of carbonyl (C=O) groups is 2. The summed E-state index contributed by atoms with van der Waals surface area (Å²) in [6.45, 7) is 8.03. The number of likely N-dealkylation sites (N-methyl/N-ethyl adjacent to an activating group) is 1. The maximum absolute atomic E-state index is 12.0. The molecular formula is C12H24N2O4. The summed E-state index contributed by atoms with van der Waals surface area (Å²) >= 11 is 0. The summed E-state index contributed by atoms with van der Waals surface area (Å²) in [6.07, 6.45) is 0.119. The summed E-state index contributed by atoms with van der Waals surface area (Å²) in [6, 6.07) is -0.443. The normalized spacial score (nSPS) is 10.8. The fourth-order valence-electron chi connectivity index (χ4n) is 1.36. The molecule has 0 heterocycles. The molecule has 0 radical (unpaired) electrons. The topological polar surface area (TPSA) is 70.1 Å². The van der Waals surface area contributed by atoms with E-state index in [1.807, 2.05) is 13.8 Å². The molecule has 0 bridgehead atoms. The van der Waals surface area contributed by atoms with E-state index in [0.717, 1.165) is 0 Å². The first kappa shape index (κ1) is 16.7. The van der Waals surface area contributed by atoms with Crippen LogP contribution in [0.5, 0.6) is 0 Å². The van der Waals surface area contributed by atoms with Crippen molar-refractivity contribution >= 4 is 12.0 Å². The molecule has 0 aliphatic rings. The number of carboxylic acids is 1. The van der Waals surface area contributed by atoms with Gasteiger partial charge in [0.1, 0.15) is 6.54 Å². The molecule has 106 valence electrons. The van der Waals surface area contributed by atoms with Gasteiger partial charge in [0.25, 0.3) is 0 Å². The zero-order chi connectivity index (χ0) is 14.3. The van der Waals surface area contributed by atoms with Gasteiger partial charge in [0.15, 0.2) is 0 Å². The average molecular weight is 260 g/mol. The molecule has 6 nitrogen and oxygen atoms in total. The lowest BCUT2D eigenvalue weighted by Crippen LogP contribution is -2.48. The number of aliphatic carboxylic acids is 1. The van der Waals surface area contributed by atoms with Crippen molar-refractivity contribution in [1.82, 2.24) is 9.80 Å². The number of rotatable bonds is 7. The van der Waals surface area contributed by atoms with E-state index in [-0.39, 0.29) is 24.7 Å². The van der Waals surface area contributed by atoms with Gasteiger partial charge in [-0.25, -0.2) is 4.79 Å². The Labute approximate surface area is 109 Å². The molecular weight excluding hydrogens is 236 g/mol. The predicted molar refractivity (Wildman–Crippen MR) is 68.6 cm³/mol. The Kier molecular flexibility index (Phi) is 7.35. The maximum Gasteiger partial charge on any atom is 0.323 e. The summed E-state index contributed by atoms with van der Waals surface area (Å²) in [5.74, 6) is -1.01. The molecule has 1 N–H and O–H groups in total. The monoisotopic (exact) mass is 260 g/mol. The highest BCUT2D eigenvalue weighted by Gasteiger charge is 2.22. The van der Waals surface area contributed by atoms with Gasteiger partial charge in [0, 0.05) is 19.6 Å². The lowest BCUT2D eigenvalue weighted by molar-refractivity contribution is -0.138. The van der Waals surface area contributed by atoms with Crippen LogP contribution in [0.4, 0.5) is 4.79 Å². The third-order valence-electron chi connectivity index (χ3n) is 2.38. The minimum absolute atomic E-state index is 0.119. The highest BCUT2D eigenvalue weighted by Crippen LogP contribution is 2.03. The largest absolute Gasteiger partial charge is 0.480 e. The lowest BCUT2D eigenvalue weighted by atomic mass is 10.3. The fraction of sp³-hybridized carbons (Fsp3) is 0.833.